The van der Waals surface area contributed by atoms with Gasteiger partial charge in [0, 0.05) is 36.4 Å². The summed E-state index contributed by atoms with van der Waals surface area (Å²) in [7, 11) is -3.89. The van der Waals surface area contributed by atoms with Crippen LogP contribution in [0.2, 0.25) is 0 Å². The lowest BCUT2D eigenvalue weighted by atomic mass is 10.1. The summed E-state index contributed by atoms with van der Waals surface area (Å²) < 4.78 is 35.9. The standard InChI is InChI=1S/C28H29N7O4S/c1-28(2,3)39-27(36)33-13-10-18(17-33)35-24-21-11-14-34(40(37,38)19-7-5-4-6-8-19)25(21)31-16-23(24)32-26(35)20-9-12-30-15-22(20)29/h4-9,11-12,14-16,18H,10,13,17,29H2,1-3H3. The summed E-state index contributed by atoms with van der Waals surface area (Å²) in [6.45, 7) is 6.41. The Labute approximate surface area is 231 Å². The molecule has 1 aromatic carbocycles. The van der Waals surface area contributed by atoms with Gasteiger partial charge in [0.2, 0.25) is 0 Å². The third kappa shape index (κ3) is 4.34. The molecular weight excluding hydrogens is 530 g/mol. The Hall–Kier alpha value is -4.45. The number of imidazole rings is 1. The van der Waals surface area contributed by atoms with Gasteiger partial charge >= 0.3 is 6.09 Å². The van der Waals surface area contributed by atoms with Crippen LogP contribution in [0.1, 0.15) is 33.2 Å². The number of nitrogen functional groups attached to an aromatic ring is 1. The van der Waals surface area contributed by atoms with Crippen LogP contribution >= 0.6 is 0 Å². The largest absolute Gasteiger partial charge is 0.444 e. The van der Waals surface area contributed by atoms with E-state index in [1.165, 1.54) is 10.2 Å². The SMILES string of the molecule is CC(C)(C)OC(=O)N1CCC(n2c(-c3ccncc3N)nc3cnc4c(ccn4S(=O)(=O)c4ccccc4)c32)C1. The third-order valence-electron chi connectivity index (χ3n) is 6.90. The fourth-order valence-corrected chi connectivity index (χ4v) is 6.47. The maximum atomic E-state index is 13.5. The molecule has 1 aliphatic rings. The van der Waals surface area contributed by atoms with Gasteiger partial charge in [0.15, 0.2) is 5.65 Å². The van der Waals surface area contributed by atoms with Crippen LogP contribution in [0.15, 0.2) is 72.1 Å². The number of rotatable bonds is 4. The number of anilines is 1. The molecule has 0 bridgehead atoms. The van der Waals surface area contributed by atoms with Crippen molar-refractivity contribution in [2.75, 3.05) is 18.8 Å². The minimum atomic E-state index is -3.89. The molecule has 0 aliphatic carbocycles. The predicted molar refractivity (Wildman–Crippen MR) is 151 cm³/mol. The molecule has 4 aromatic heterocycles. The van der Waals surface area contributed by atoms with Crippen LogP contribution in [-0.2, 0) is 14.8 Å². The molecule has 6 rings (SSSR count). The summed E-state index contributed by atoms with van der Waals surface area (Å²) in [6, 6.07) is 11.6. The first-order valence-electron chi connectivity index (χ1n) is 12.9. The molecule has 2 N–H and O–H groups in total. The number of carbonyl (C=O) groups excluding carboxylic acids is 1. The maximum Gasteiger partial charge on any atom is 0.410 e. The highest BCUT2D eigenvalue weighted by Gasteiger charge is 2.34. The van der Waals surface area contributed by atoms with Crippen molar-refractivity contribution in [3.05, 3.63) is 67.3 Å². The molecule has 5 aromatic rings. The van der Waals surface area contributed by atoms with Crippen LogP contribution in [-0.4, -0.2) is 61.6 Å². The van der Waals surface area contributed by atoms with Crippen molar-refractivity contribution < 1.29 is 17.9 Å². The minimum Gasteiger partial charge on any atom is -0.444 e. The van der Waals surface area contributed by atoms with Gasteiger partial charge in [-0.05, 0) is 51.5 Å². The number of hydrogen-bond donors (Lipinski definition) is 1. The molecule has 0 spiro atoms. The van der Waals surface area contributed by atoms with Crippen LogP contribution < -0.4 is 5.73 Å². The smallest absolute Gasteiger partial charge is 0.410 e. The van der Waals surface area contributed by atoms with E-state index in [-0.39, 0.29) is 22.7 Å². The van der Waals surface area contributed by atoms with E-state index in [0.29, 0.717) is 53.0 Å². The van der Waals surface area contributed by atoms with Crippen molar-refractivity contribution in [3.8, 4) is 11.4 Å². The van der Waals surface area contributed by atoms with Crippen molar-refractivity contribution in [2.45, 2.75) is 43.7 Å². The Kier molecular flexibility index (Phi) is 6.02. The molecule has 0 saturated carbocycles. The number of nitrogens with two attached hydrogens (primary N) is 1. The van der Waals surface area contributed by atoms with Gasteiger partial charge in [-0.1, -0.05) is 18.2 Å². The average molecular weight is 560 g/mol. The number of aromatic nitrogens is 5. The normalized spacial score (nSPS) is 16.2. The second-order valence-electron chi connectivity index (χ2n) is 10.8. The third-order valence-corrected chi connectivity index (χ3v) is 8.58. The molecule has 5 heterocycles. The van der Waals surface area contributed by atoms with E-state index in [2.05, 4.69) is 14.5 Å². The molecule has 0 radical (unpaired) electrons. The zero-order valence-electron chi connectivity index (χ0n) is 22.4. The predicted octanol–water partition coefficient (Wildman–Crippen LogP) is 4.45. The Morgan fingerprint density at radius 2 is 1.88 bits per heavy atom. The first kappa shape index (κ1) is 25.8. The average Bonchev–Trinajstić information content (AvgIpc) is 3.64. The van der Waals surface area contributed by atoms with Gasteiger partial charge in [0.05, 0.1) is 34.5 Å². The van der Waals surface area contributed by atoms with Gasteiger partial charge in [-0.15, -0.1) is 0 Å². The van der Waals surface area contributed by atoms with Gasteiger partial charge in [0.1, 0.15) is 16.9 Å². The number of carbonyl (C=O) groups is 1. The van der Waals surface area contributed by atoms with Gasteiger partial charge in [-0.2, -0.15) is 0 Å². The van der Waals surface area contributed by atoms with Gasteiger partial charge in [-0.3, -0.25) is 4.98 Å². The summed E-state index contributed by atoms with van der Waals surface area (Å²) in [5.41, 5.74) is 8.44. The van der Waals surface area contributed by atoms with E-state index < -0.39 is 15.6 Å². The van der Waals surface area contributed by atoms with E-state index in [4.69, 9.17) is 15.5 Å². The zero-order chi connectivity index (χ0) is 28.2. The first-order valence-corrected chi connectivity index (χ1v) is 14.3. The summed E-state index contributed by atoms with van der Waals surface area (Å²) in [5, 5.41) is 0.624. The number of likely N-dealkylation sites (tertiary alicyclic amines) is 1. The highest BCUT2D eigenvalue weighted by molar-refractivity contribution is 7.90. The summed E-state index contributed by atoms with van der Waals surface area (Å²) >= 11 is 0. The zero-order valence-corrected chi connectivity index (χ0v) is 23.2. The monoisotopic (exact) mass is 559 g/mol. The van der Waals surface area contributed by atoms with Crippen molar-refractivity contribution in [1.82, 2.24) is 28.4 Å². The molecular formula is C28H29N7O4S. The highest BCUT2D eigenvalue weighted by atomic mass is 32.2. The topological polar surface area (TPSA) is 138 Å². The number of pyridine rings is 2. The highest BCUT2D eigenvalue weighted by Crippen LogP contribution is 2.38. The fourth-order valence-electron chi connectivity index (χ4n) is 5.15. The van der Waals surface area contributed by atoms with Crippen molar-refractivity contribution >= 4 is 43.9 Å². The lowest BCUT2D eigenvalue weighted by Gasteiger charge is -2.25. The van der Waals surface area contributed by atoms with Crippen LogP contribution in [0, 0.1) is 0 Å². The molecule has 1 atom stereocenters. The van der Waals surface area contributed by atoms with E-state index in [9.17, 15) is 13.2 Å². The molecule has 40 heavy (non-hydrogen) atoms. The molecule has 1 aliphatic heterocycles. The molecule has 1 fully saturated rings. The summed E-state index contributed by atoms with van der Waals surface area (Å²) in [4.78, 5) is 28.3. The molecule has 12 heteroatoms. The molecule has 1 unspecified atom stereocenters. The Bertz CT molecular complexity index is 1860. The number of benzene rings is 1. The van der Waals surface area contributed by atoms with Crippen LogP contribution in [0.5, 0.6) is 0 Å². The fraction of sp³-hybridized carbons (Fsp3) is 0.286. The summed E-state index contributed by atoms with van der Waals surface area (Å²) in [6.07, 6.45) is 6.57. The second-order valence-corrected chi connectivity index (χ2v) is 12.6. The maximum absolute atomic E-state index is 13.5. The lowest BCUT2D eigenvalue weighted by molar-refractivity contribution is 0.0289. The Balaban J connectivity index is 1.53. The van der Waals surface area contributed by atoms with Crippen molar-refractivity contribution in [3.63, 3.8) is 0 Å². The minimum absolute atomic E-state index is 0.164. The van der Waals surface area contributed by atoms with Crippen molar-refractivity contribution in [2.24, 2.45) is 0 Å². The van der Waals surface area contributed by atoms with Gasteiger partial charge in [0.25, 0.3) is 10.0 Å². The van der Waals surface area contributed by atoms with Crippen molar-refractivity contribution in [1.29, 1.82) is 0 Å². The lowest BCUT2D eigenvalue weighted by Crippen LogP contribution is -2.35. The molecule has 11 nitrogen and oxygen atoms in total. The molecule has 1 saturated heterocycles. The van der Waals surface area contributed by atoms with E-state index in [0.717, 1.165) is 0 Å². The summed E-state index contributed by atoms with van der Waals surface area (Å²) in [5.74, 6) is 0.596. The van der Waals surface area contributed by atoms with E-state index >= 15 is 0 Å². The number of ether oxygens (including phenoxy) is 1. The van der Waals surface area contributed by atoms with E-state index in [1.54, 1.807) is 66.0 Å². The Morgan fingerprint density at radius 3 is 2.60 bits per heavy atom. The van der Waals surface area contributed by atoms with Gasteiger partial charge < -0.3 is 19.9 Å². The second kappa shape index (κ2) is 9.33. The number of hydrogen-bond acceptors (Lipinski definition) is 8. The quantitative estimate of drug-likeness (QED) is 0.341. The number of nitrogens with zero attached hydrogens (tertiary/aromatic N) is 6. The van der Waals surface area contributed by atoms with E-state index in [1.807, 2.05) is 20.8 Å². The molecule has 206 valence electrons. The number of fused-ring (bicyclic) bond motifs is 3. The van der Waals surface area contributed by atoms with Crippen LogP contribution in [0.4, 0.5) is 10.5 Å². The molecule has 1 amide bonds. The Morgan fingerprint density at radius 1 is 1.10 bits per heavy atom. The van der Waals surface area contributed by atoms with Gasteiger partial charge in [-0.25, -0.2) is 27.2 Å². The van der Waals surface area contributed by atoms with Crippen LogP contribution in [0.25, 0.3) is 33.5 Å². The first-order chi connectivity index (χ1) is 19.0. The van der Waals surface area contributed by atoms with Crippen LogP contribution in [0.3, 0.4) is 0 Å². The number of amides is 1.